The van der Waals surface area contributed by atoms with Crippen LogP contribution in [0.5, 0.6) is 0 Å². The number of nitrogens with zero attached hydrogens (tertiary/aromatic N) is 2. The quantitative estimate of drug-likeness (QED) is 0.746. The van der Waals surface area contributed by atoms with Gasteiger partial charge in [-0.1, -0.05) is 46.2 Å². The lowest BCUT2D eigenvalue weighted by molar-refractivity contribution is -0.156. The highest BCUT2D eigenvalue weighted by atomic mass is 16.5. The molecule has 136 valence electrons. The van der Waals surface area contributed by atoms with Crippen molar-refractivity contribution in [2.45, 2.75) is 66.0 Å². The van der Waals surface area contributed by atoms with E-state index in [2.05, 4.69) is 32.7 Å². The topological polar surface area (TPSA) is 44.1 Å². The van der Waals surface area contributed by atoms with Crippen LogP contribution in [0.3, 0.4) is 0 Å². The molecule has 25 heavy (non-hydrogen) atoms. The summed E-state index contributed by atoms with van der Waals surface area (Å²) >= 11 is 0. The molecule has 1 heterocycles. The van der Waals surface area contributed by atoms with Crippen LogP contribution in [0.1, 0.15) is 52.8 Å². The van der Waals surface area contributed by atoms with Crippen LogP contribution >= 0.6 is 0 Å². The molecule has 0 saturated heterocycles. The fourth-order valence-electron chi connectivity index (χ4n) is 4.16. The molecule has 1 aromatic heterocycles. The maximum atomic E-state index is 12.7. The Hall–Kier alpha value is -1.84. The van der Waals surface area contributed by atoms with E-state index in [4.69, 9.17) is 4.74 Å². The number of hydrogen-bond acceptors (Lipinski definition) is 3. The first-order chi connectivity index (χ1) is 12.0. The van der Waals surface area contributed by atoms with E-state index in [-0.39, 0.29) is 18.6 Å². The van der Waals surface area contributed by atoms with Gasteiger partial charge in [0.2, 0.25) is 0 Å². The monoisotopic (exact) mass is 342 g/mol. The highest BCUT2D eigenvalue weighted by Gasteiger charge is 2.33. The van der Waals surface area contributed by atoms with Crippen LogP contribution in [0.2, 0.25) is 0 Å². The first kappa shape index (κ1) is 18.0. The van der Waals surface area contributed by atoms with Crippen molar-refractivity contribution in [3.05, 3.63) is 30.1 Å². The van der Waals surface area contributed by atoms with E-state index in [1.807, 2.05) is 28.8 Å². The van der Waals surface area contributed by atoms with Crippen LogP contribution in [-0.4, -0.2) is 21.6 Å². The van der Waals surface area contributed by atoms with Crippen LogP contribution < -0.4 is 0 Å². The second-order valence-electron chi connectivity index (χ2n) is 7.81. The molecule has 3 rings (SSSR count). The van der Waals surface area contributed by atoms with Crippen LogP contribution in [0.25, 0.3) is 11.0 Å². The first-order valence-electron chi connectivity index (χ1n) is 9.63. The Morgan fingerprint density at radius 3 is 2.80 bits per heavy atom. The van der Waals surface area contributed by atoms with Crippen molar-refractivity contribution in [3.63, 3.8) is 0 Å². The summed E-state index contributed by atoms with van der Waals surface area (Å²) in [5.74, 6) is 2.46. The maximum absolute atomic E-state index is 12.7. The second-order valence-corrected chi connectivity index (χ2v) is 7.81. The molecule has 2 aromatic rings. The number of imidazole rings is 1. The van der Waals surface area contributed by atoms with Crippen LogP contribution in [0, 0.1) is 17.8 Å². The van der Waals surface area contributed by atoms with Crippen molar-refractivity contribution < 1.29 is 9.53 Å². The highest BCUT2D eigenvalue weighted by Crippen LogP contribution is 2.35. The molecule has 1 fully saturated rings. The van der Waals surface area contributed by atoms with Gasteiger partial charge in [-0.3, -0.25) is 4.79 Å². The lowest BCUT2D eigenvalue weighted by atomic mass is 9.75. The molecule has 1 aromatic carbocycles. The zero-order chi connectivity index (χ0) is 18.0. The van der Waals surface area contributed by atoms with Crippen molar-refractivity contribution in [3.8, 4) is 0 Å². The number of rotatable bonds is 5. The summed E-state index contributed by atoms with van der Waals surface area (Å²) in [6.45, 7) is 9.05. The van der Waals surface area contributed by atoms with Crippen molar-refractivity contribution in [1.82, 2.24) is 9.55 Å². The largest absolute Gasteiger partial charge is 0.461 e. The zero-order valence-corrected chi connectivity index (χ0v) is 15.9. The normalized spacial score (nSPS) is 24.0. The van der Waals surface area contributed by atoms with E-state index in [1.54, 1.807) is 0 Å². The number of fused-ring (bicyclic) bond motifs is 1. The van der Waals surface area contributed by atoms with Gasteiger partial charge in [0.15, 0.2) is 0 Å². The molecule has 4 heteroatoms. The van der Waals surface area contributed by atoms with Crippen molar-refractivity contribution in [2.75, 3.05) is 0 Å². The van der Waals surface area contributed by atoms with Crippen LogP contribution in [-0.2, 0) is 22.5 Å². The van der Waals surface area contributed by atoms with Crippen molar-refractivity contribution in [1.29, 1.82) is 0 Å². The molecule has 3 atom stereocenters. The Kier molecular flexibility index (Phi) is 5.45. The lowest BCUT2D eigenvalue weighted by Crippen LogP contribution is -2.36. The smallest absolute Gasteiger partial charge is 0.326 e. The number of esters is 1. The summed E-state index contributed by atoms with van der Waals surface area (Å²) in [4.78, 5) is 17.3. The zero-order valence-electron chi connectivity index (χ0n) is 15.9. The van der Waals surface area contributed by atoms with Gasteiger partial charge in [-0.25, -0.2) is 4.98 Å². The van der Waals surface area contributed by atoms with Gasteiger partial charge in [0.1, 0.15) is 18.5 Å². The molecular formula is C21H30N2O2. The second kappa shape index (κ2) is 7.59. The lowest BCUT2D eigenvalue weighted by Gasteiger charge is -2.36. The summed E-state index contributed by atoms with van der Waals surface area (Å²) in [6, 6.07) is 7.99. The molecule has 1 aliphatic rings. The highest BCUT2D eigenvalue weighted by molar-refractivity contribution is 5.79. The van der Waals surface area contributed by atoms with Crippen LogP contribution in [0.4, 0.5) is 0 Å². The molecule has 4 nitrogen and oxygen atoms in total. The minimum absolute atomic E-state index is 0.0520. The summed E-state index contributed by atoms with van der Waals surface area (Å²) in [5, 5.41) is 0. The summed E-state index contributed by atoms with van der Waals surface area (Å²) in [6.07, 6.45) is 4.24. The van der Waals surface area contributed by atoms with E-state index >= 15 is 0 Å². The standard InChI is InChI=1S/C21H30N2O2/c1-5-20-22-17-8-6-7-9-18(17)23(20)13-21(24)25-19-12-15(4)10-11-16(19)14(2)3/h6-9,14-16,19H,5,10-13H2,1-4H3/t15?,16-,19?/m0/s1. The molecule has 2 unspecified atom stereocenters. The van der Waals surface area contributed by atoms with Gasteiger partial charge in [0.05, 0.1) is 11.0 Å². The molecule has 0 bridgehead atoms. The number of aryl methyl sites for hydroxylation is 1. The van der Waals surface area contributed by atoms with Gasteiger partial charge in [-0.05, 0) is 42.7 Å². The van der Waals surface area contributed by atoms with Gasteiger partial charge >= 0.3 is 5.97 Å². The van der Waals surface area contributed by atoms with E-state index in [1.165, 1.54) is 6.42 Å². The Balaban J connectivity index is 1.76. The number of ether oxygens (including phenoxy) is 1. The van der Waals surface area contributed by atoms with E-state index < -0.39 is 0 Å². The number of carbonyl (C=O) groups excluding carboxylic acids is 1. The fraction of sp³-hybridized carbons (Fsp3) is 0.619. The summed E-state index contributed by atoms with van der Waals surface area (Å²) in [5.41, 5.74) is 1.95. The predicted octanol–water partition coefficient (Wildman–Crippen LogP) is 4.60. The third kappa shape index (κ3) is 3.88. The molecule has 0 radical (unpaired) electrons. The number of hydrogen-bond donors (Lipinski definition) is 0. The number of para-hydroxylation sites is 2. The van der Waals surface area contributed by atoms with Crippen LogP contribution in [0.15, 0.2) is 24.3 Å². The fourth-order valence-corrected chi connectivity index (χ4v) is 4.16. The number of benzene rings is 1. The van der Waals surface area contributed by atoms with E-state index in [9.17, 15) is 4.79 Å². The van der Waals surface area contributed by atoms with Gasteiger partial charge < -0.3 is 9.30 Å². The molecular weight excluding hydrogens is 312 g/mol. The molecule has 0 aliphatic heterocycles. The summed E-state index contributed by atoms with van der Waals surface area (Å²) < 4.78 is 7.98. The predicted molar refractivity (Wildman–Crippen MR) is 100 cm³/mol. The molecule has 0 amide bonds. The van der Waals surface area contributed by atoms with Crippen molar-refractivity contribution in [2.24, 2.45) is 17.8 Å². The average Bonchev–Trinajstić information content (AvgIpc) is 2.92. The number of aromatic nitrogens is 2. The average molecular weight is 342 g/mol. The summed E-state index contributed by atoms with van der Waals surface area (Å²) in [7, 11) is 0. The molecule has 0 N–H and O–H groups in total. The van der Waals surface area contributed by atoms with Gasteiger partial charge in [0.25, 0.3) is 0 Å². The number of carbonyl (C=O) groups is 1. The van der Waals surface area contributed by atoms with Crippen molar-refractivity contribution >= 4 is 17.0 Å². The Morgan fingerprint density at radius 2 is 2.08 bits per heavy atom. The molecule has 1 saturated carbocycles. The minimum atomic E-state index is -0.136. The van der Waals surface area contributed by atoms with E-state index in [0.29, 0.717) is 17.8 Å². The maximum Gasteiger partial charge on any atom is 0.326 e. The Labute approximate surface area is 150 Å². The molecule has 0 spiro atoms. The Morgan fingerprint density at radius 1 is 1.32 bits per heavy atom. The van der Waals surface area contributed by atoms with Gasteiger partial charge in [-0.2, -0.15) is 0 Å². The first-order valence-corrected chi connectivity index (χ1v) is 9.63. The third-order valence-corrected chi connectivity index (χ3v) is 5.58. The SMILES string of the molecule is CCc1nc2ccccc2n1CC(=O)OC1CC(C)CC[C@H]1C(C)C. The third-order valence-electron chi connectivity index (χ3n) is 5.58. The minimum Gasteiger partial charge on any atom is -0.461 e. The molecule has 1 aliphatic carbocycles. The van der Waals surface area contributed by atoms with Gasteiger partial charge in [-0.15, -0.1) is 0 Å². The van der Waals surface area contributed by atoms with E-state index in [0.717, 1.165) is 36.1 Å². The van der Waals surface area contributed by atoms with Gasteiger partial charge in [0, 0.05) is 6.42 Å². The Bertz CT molecular complexity index is 735.